The first-order valence-corrected chi connectivity index (χ1v) is 38.7. The van der Waals surface area contributed by atoms with Gasteiger partial charge in [0.05, 0.1) is 22.3 Å². The number of rotatable bonds is 5. The molecule has 1 saturated carbocycles. The number of aromatic nitrogens is 5. The molecule has 1 aliphatic rings. The Labute approximate surface area is 662 Å². The van der Waals surface area contributed by atoms with Gasteiger partial charge in [0.15, 0.2) is 24.8 Å². The average molecular weight is 1470 g/mol. The summed E-state index contributed by atoms with van der Waals surface area (Å²) in [5, 5.41) is 17.5. The number of pyridine rings is 5. The van der Waals surface area contributed by atoms with Crippen LogP contribution in [0.3, 0.4) is 0 Å². The molecule has 0 aliphatic heterocycles. The Morgan fingerprint density at radius 1 is 0.357 bits per heavy atom. The first-order valence-electron chi connectivity index (χ1n) is 42.2. The van der Waals surface area contributed by atoms with Crippen LogP contribution in [0, 0.1) is 60.7 Å². The molecule has 0 spiro atoms. The smallest absolute Gasteiger partial charge is 0.256 e. The SMILES string of the molecule is Cc1ccc(-c2c3oc4ccc5ccccc5c4c3c(C)c[n+]2C)c(C)c1.Cc1ccccc1-c1c2oc3cc4ccncc4cc3c2cc[n+]1C.Cc1ccccc1-c1c2oc3ccc4ccccc4c3c2cc[n+]1C.[2H]C([2H])([2H])c1ccc(-c2c3oc4cc5ccc(C6([2H])CCC(C)(C)CC6)cc5cc4c3c(C([2H])([2H])[2H])c[n+]2C)c(C)c1. The van der Waals surface area contributed by atoms with E-state index in [1.807, 2.05) is 43.6 Å². The third-order valence-electron chi connectivity index (χ3n) is 23.4. The molecular formula is C103H93N5O4+4. The van der Waals surface area contributed by atoms with Crippen LogP contribution in [0.1, 0.15) is 105 Å². The molecule has 0 amide bonds. The Morgan fingerprint density at radius 3 is 1.50 bits per heavy atom. The minimum absolute atomic E-state index is 0.196. The van der Waals surface area contributed by atoms with Gasteiger partial charge in [-0.25, -0.2) is 0 Å². The molecule has 0 unspecified atom stereocenters. The van der Waals surface area contributed by atoms with Crippen molar-refractivity contribution in [1.82, 2.24) is 4.98 Å². The lowest BCUT2D eigenvalue weighted by Gasteiger charge is -2.34. The predicted octanol–water partition coefficient (Wildman–Crippen LogP) is 25.5. The zero-order chi connectivity index (χ0) is 83.0. The minimum atomic E-state index is -2.39. The number of aryl methyl sites for hydroxylation is 12. The Kier molecular flexibility index (Phi) is 15.8. The molecule has 1 fully saturated rings. The van der Waals surface area contributed by atoms with Crippen LogP contribution in [0.2, 0.25) is 0 Å². The van der Waals surface area contributed by atoms with Gasteiger partial charge in [0.2, 0.25) is 22.3 Å². The molecule has 0 radical (unpaired) electrons. The largest absolute Gasteiger partial charge is 0.449 e. The van der Waals surface area contributed by atoms with Crippen molar-refractivity contribution in [3.05, 3.63) is 306 Å². The van der Waals surface area contributed by atoms with Gasteiger partial charge >= 0.3 is 0 Å². The summed E-state index contributed by atoms with van der Waals surface area (Å²) in [4.78, 5) is 4.24. The summed E-state index contributed by atoms with van der Waals surface area (Å²) < 4.78 is 91.7. The Bertz CT molecular complexity index is 7530. The van der Waals surface area contributed by atoms with Crippen LogP contribution < -0.4 is 18.3 Å². The van der Waals surface area contributed by atoms with Crippen molar-refractivity contribution in [1.29, 1.82) is 0 Å². The van der Waals surface area contributed by atoms with E-state index < -0.39 is 19.6 Å². The zero-order valence-corrected chi connectivity index (χ0v) is 65.4. The van der Waals surface area contributed by atoms with Gasteiger partial charge in [-0.05, 0) is 224 Å². The third-order valence-corrected chi connectivity index (χ3v) is 23.4. The molecule has 21 rings (SSSR count). The van der Waals surface area contributed by atoms with Crippen LogP contribution in [0.25, 0.3) is 176 Å². The molecule has 9 aromatic heterocycles. The monoisotopic (exact) mass is 1470 g/mol. The van der Waals surface area contributed by atoms with Crippen LogP contribution in [-0.4, -0.2) is 4.98 Å². The maximum Gasteiger partial charge on any atom is 0.256 e. The van der Waals surface area contributed by atoms with E-state index in [0.717, 1.165) is 125 Å². The Balaban J connectivity index is 0.000000112. The van der Waals surface area contributed by atoms with Crippen LogP contribution in [0.15, 0.2) is 273 Å². The molecule has 550 valence electrons. The maximum atomic E-state index is 9.28. The predicted molar refractivity (Wildman–Crippen MR) is 462 cm³/mol. The van der Waals surface area contributed by atoms with Gasteiger partial charge in [-0.15, -0.1) is 0 Å². The fourth-order valence-corrected chi connectivity index (χ4v) is 17.5. The highest BCUT2D eigenvalue weighted by Crippen LogP contribution is 2.47. The summed E-state index contributed by atoms with van der Waals surface area (Å²) in [7, 11) is 8.03. The average Bonchev–Trinajstić information content (AvgIpc) is 1.60. The van der Waals surface area contributed by atoms with Gasteiger partial charge in [-0.3, -0.25) is 4.98 Å². The number of benzene rings is 11. The van der Waals surface area contributed by atoms with Crippen molar-refractivity contribution in [3.8, 4) is 45.0 Å². The highest BCUT2D eigenvalue weighted by Gasteiger charge is 2.31. The standard InChI is InChI=1S/C33H36NO.C25H22NO.C23H18NO.C22H17N2O/c1-20-7-10-27(21(2)15-20)31-32-30(22(3)19-34(31)6)28-17-26-16-24(8-9-25(26)18-29(28)35-32)23-11-13-33(4,5)14-12-23;1-15-9-11-19(16(2)13-15)24-25-22(17(3)14-26(24)4)23-20-8-6-5-7-18(20)10-12-21(23)27-25;1-15-7-3-5-9-17(15)22-23-19(13-14-24(22)2)21-18-10-6-4-8-16(18)11-12-20(21)25-23;1-14-5-3-4-6-17(14)21-22-18(8-10-24(21)2)19-11-16-13-23-9-7-15(16)12-20(19)25-22/h7-10,15-19,23H,11-14H2,1-6H3;5-14H,1-4H3;3-14H,1-2H3;3-13H,1-2H3/q4*+1/i1D3,3D3,23D;;;. The summed E-state index contributed by atoms with van der Waals surface area (Å²) in [6.45, 7) is 12.5. The second-order valence-electron chi connectivity index (χ2n) is 31.7. The van der Waals surface area contributed by atoms with Crippen molar-refractivity contribution in [2.75, 3.05) is 0 Å². The number of furan rings is 4. The summed E-state index contributed by atoms with van der Waals surface area (Å²) in [6.07, 6.45) is 15.4. The first kappa shape index (κ1) is 63.2. The molecule has 9 heterocycles. The normalized spacial score (nSPS) is 14.6. The molecule has 0 N–H and O–H groups in total. The molecule has 20 aromatic rings. The van der Waals surface area contributed by atoms with Crippen LogP contribution in [0.4, 0.5) is 0 Å². The van der Waals surface area contributed by atoms with Crippen molar-refractivity contribution < 1.29 is 45.5 Å². The van der Waals surface area contributed by atoms with E-state index in [4.69, 9.17) is 25.9 Å². The molecule has 0 saturated heterocycles. The maximum absolute atomic E-state index is 9.28. The first-order chi connectivity index (χ1) is 57.0. The molecule has 11 aromatic carbocycles. The molecule has 0 bridgehead atoms. The lowest BCUT2D eigenvalue weighted by atomic mass is 9.71. The zero-order valence-electron chi connectivity index (χ0n) is 72.4. The summed E-state index contributed by atoms with van der Waals surface area (Å²) in [5.41, 5.74) is 23.8. The van der Waals surface area contributed by atoms with E-state index in [1.54, 1.807) is 36.0 Å². The van der Waals surface area contributed by atoms with E-state index in [9.17, 15) is 1.37 Å². The number of hydrogen-bond acceptors (Lipinski definition) is 5. The van der Waals surface area contributed by atoms with Gasteiger partial charge in [0.25, 0.3) is 22.8 Å². The molecule has 9 heteroatoms. The van der Waals surface area contributed by atoms with Gasteiger partial charge in [0.1, 0.15) is 50.5 Å². The molecule has 9 nitrogen and oxygen atoms in total. The Morgan fingerprint density at radius 2 is 0.857 bits per heavy atom. The lowest BCUT2D eigenvalue weighted by molar-refractivity contribution is -0.659. The molecule has 112 heavy (non-hydrogen) atoms. The second kappa shape index (κ2) is 28.1. The van der Waals surface area contributed by atoms with E-state index in [2.05, 4.69) is 283 Å². The fraction of sp³-hybridized carbons (Fsp3) is 0.194. The lowest BCUT2D eigenvalue weighted by Crippen LogP contribution is -2.31. The van der Waals surface area contributed by atoms with Crippen molar-refractivity contribution >= 4 is 131 Å². The second-order valence-corrected chi connectivity index (χ2v) is 31.7. The Hall–Kier alpha value is -12.6. The van der Waals surface area contributed by atoms with E-state index in [0.29, 0.717) is 27.6 Å². The molecule has 1 aliphatic carbocycles. The van der Waals surface area contributed by atoms with Crippen LogP contribution in [-0.2, 0) is 28.2 Å². The fourth-order valence-electron chi connectivity index (χ4n) is 17.5. The van der Waals surface area contributed by atoms with Gasteiger partial charge in [0, 0.05) is 93.7 Å². The highest BCUT2D eigenvalue weighted by molar-refractivity contribution is 6.22. The number of fused-ring (bicyclic) bond motifs is 18. The van der Waals surface area contributed by atoms with Gasteiger partial charge < -0.3 is 17.7 Å². The van der Waals surface area contributed by atoms with E-state index >= 15 is 0 Å². The molecular weight excluding hydrogens is 1370 g/mol. The molecule has 0 atom stereocenters. The summed E-state index contributed by atoms with van der Waals surface area (Å²) >= 11 is 0. The van der Waals surface area contributed by atoms with Crippen molar-refractivity contribution in [3.63, 3.8) is 0 Å². The topological polar surface area (TPSA) is 81.0 Å². The van der Waals surface area contributed by atoms with Gasteiger partial charge in [-0.2, -0.15) is 18.3 Å². The van der Waals surface area contributed by atoms with Crippen LogP contribution >= 0.6 is 0 Å². The van der Waals surface area contributed by atoms with Crippen LogP contribution in [0.5, 0.6) is 0 Å². The minimum Gasteiger partial charge on any atom is -0.449 e. The van der Waals surface area contributed by atoms with Crippen molar-refractivity contribution in [2.45, 2.75) is 101 Å². The number of nitrogens with zero attached hydrogens (tertiary/aromatic N) is 5. The third kappa shape index (κ3) is 12.5. The quantitative estimate of drug-likeness (QED) is 0.160. The van der Waals surface area contributed by atoms with Crippen molar-refractivity contribution in [2.24, 2.45) is 33.6 Å². The summed E-state index contributed by atoms with van der Waals surface area (Å²) in [6, 6.07) is 74.8. The van der Waals surface area contributed by atoms with E-state index in [-0.39, 0.29) is 16.5 Å². The van der Waals surface area contributed by atoms with Gasteiger partial charge in [-0.1, -0.05) is 165 Å². The van der Waals surface area contributed by atoms with E-state index in [1.165, 1.54) is 87.6 Å². The summed E-state index contributed by atoms with van der Waals surface area (Å²) in [5.74, 6) is -0.639. The number of hydrogen-bond donors (Lipinski definition) is 0. The highest BCUT2D eigenvalue weighted by atomic mass is 16.3.